The fourth-order valence-electron chi connectivity index (χ4n) is 4.43. The Morgan fingerprint density at radius 2 is 2.12 bits per heavy atom. The molecular formula is C20H24INO4. The predicted octanol–water partition coefficient (Wildman–Crippen LogP) is 3.76. The number of likely N-dealkylation sites (tertiary alicyclic amines) is 1. The zero-order chi connectivity index (χ0) is 18.3. The largest absolute Gasteiger partial charge is 0.445 e. The summed E-state index contributed by atoms with van der Waals surface area (Å²) < 4.78 is 18.7. The van der Waals surface area contributed by atoms with Crippen molar-refractivity contribution in [2.75, 3.05) is 11.0 Å². The lowest BCUT2D eigenvalue weighted by Crippen LogP contribution is -2.49. The summed E-state index contributed by atoms with van der Waals surface area (Å²) in [7, 11) is 0. The number of rotatable bonds is 4. The van der Waals surface area contributed by atoms with Gasteiger partial charge in [-0.05, 0) is 24.8 Å². The van der Waals surface area contributed by atoms with Gasteiger partial charge in [0.15, 0.2) is 6.29 Å². The number of nitrogens with zero attached hydrogens (tertiary/aromatic N) is 1. The van der Waals surface area contributed by atoms with Crippen molar-refractivity contribution in [1.82, 2.24) is 4.90 Å². The van der Waals surface area contributed by atoms with Crippen LogP contribution in [0.1, 0.15) is 18.9 Å². The lowest BCUT2D eigenvalue weighted by atomic mass is 9.80. The Kier molecular flexibility index (Phi) is 5.25. The zero-order valence-corrected chi connectivity index (χ0v) is 17.0. The van der Waals surface area contributed by atoms with Gasteiger partial charge in [-0.3, -0.25) is 4.90 Å². The van der Waals surface area contributed by atoms with Crippen molar-refractivity contribution in [2.24, 2.45) is 11.8 Å². The van der Waals surface area contributed by atoms with Gasteiger partial charge in [-0.2, -0.15) is 0 Å². The molecule has 0 unspecified atom stereocenters. The normalized spacial score (nSPS) is 35.2. The molecule has 2 bridgehead atoms. The summed E-state index contributed by atoms with van der Waals surface area (Å²) in [6.45, 7) is 7.12. The Bertz CT molecular complexity index is 682. The van der Waals surface area contributed by atoms with Crippen molar-refractivity contribution < 1.29 is 19.0 Å². The molecule has 0 saturated carbocycles. The van der Waals surface area contributed by atoms with Crippen molar-refractivity contribution >= 4 is 28.7 Å². The second-order valence-electron chi connectivity index (χ2n) is 7.41. The average molecular weight is 469 g/mol. The number of carbonyl (C=O) groups excluding carboxylic acids is 1. The molecule has 26 heavy (non-hydrogen) atoms. The summed E-state index contributed by atoms with van der Waals surface area (Å²) in [6, 6.07) is 9.65. The molecule has 0 radical (unpaired) electrons. The molecule has 1 aromatic carbocycles. The highest BCUT2D eigenvalue weighted by Crippen LogP contribution is 2.47. The van der Waals surface area contributed by atoms with Gasteiger partial charge in [0.1, 0.15) is 6.61 Å². The van der Waals surface area contributed by atoms with Gasteiger partial charge in [-0.1, -0.05) is 65.1 Å². The first-order valence-electron chi connectivity index (χ1n) is 9.08. The molecule has 3 fully saturated rings. The van der Waals surface area contributed by atoms with Crippen LogP contribution >= 0.6 is 22.6 Å². The van der Waals surface area contributed by atoms with Crippen LogP contribution in [0, 0.1) is 11.8 Å². The molecule has 0 aliphatic carbocycles. The van der Waals surface area contributed by atoms with Crippen molar-refractivity contribution in [1.29, 1.82) is 0 Å². The van der Waals surface area contributed by atoms with Gasteiger partial charge in [0.05, 0.1) is 18.2 Å². The summed E-state index contributed by atoms with van der Waals surface area (Å²) in [4.78, 5) is 14.6. The third kappa shape index (κ3) is 3.27. The third-order valence-electron chi connectivity index (χ3n) is 5.75. The van der Waals surface area contributed by atoms with Gasteiger partial charge in [0, 0.05) is 16.9 Å². The fourth-order valence-corrected chi connectivity index (χ4v) is 5.21. The molecule has 0 aromatic heterocycles. The quantitative estimate of drug-likeness (QED) is 0.383. The van der Waals surface area contributed by atoms with E-state index in [0.29, 0.717) is 12.5 Å². The Morgan fingerprint density at radius 3 is 2.81 bits per heavy atom. The second kappa shape index (κ2) is 7.48. The molecule has 140 valence electrons. The van der Waals surface area contributed by atoms with E-state index in [1.54, 1.807) is 0 Å². The molecule has 0 spiro atoms. The Hall–Kier alpha value is -1.12. The molecule has 3 heterocycles. The minimum absolute atomic E-state index is 0.0934. The second-order valence-corrected chi connectivity index (χ2v) is 8.29. The van der Waals surface area contributed by atoms with Gasteiger partial charge >= 0.3 is 6.09 Å². The van der Waals surface area contributed by atoms with Crippen LogP contribution in [0.15, 0.2) is 42.5 Å². The van der Waals surface area contributed by atoms with E-state index >= 15 is 0 Å². The number of ether oxygens (including phenoxy) is 3. The highest BCUT2D eigenvalue weighted by atomic mass is 127. The maximum absolute atomic E-state index is 12.8. The van der Waals surface area contributed by atoms with E-state index < -0.39 is 0 Å². The maximum atomic E-state index is 12.8. The Labute approximate surface area is 167 Å². The third-order valence-corrected chi connectivity index (χ3v) is 6.62. The van der Waals surface area contributed by atoms with Crippen LogP contribution in [-0.4, -0.2) is 46.5 Å². The zero-order valence-electron chi connectivity index (χ0n) is 14.8. The summed E-state index contributed by atoms with van der Waals surface area (Å²) in [6.07, 6.45) is 0.497. The molecule has 3 aliphatic rings. The van der Waals surface area contributed by atoms with E-state index in [1.807, 2.05) is 35.2 Å². The maximum Gasteiger partial charge on any atom is 0.410 e. The summed E-state index contributed by atoms with van der Waals surface area (Å²) >= 11 is 2.34. The number of benzene rings is 1. The van der Waals surface area contributed by atoms with E-state index in [9.17, 15) is 4.79 Å². The Morgan fingerprint density at radius 1 is 1.35 bits per heavy atom. The number of amides is 1. The van der Waals surface area contributed by atoms with E-state index in [2.05, 4.69) is 36.1 Å². The molecular weight excluding hydrogens is 445 g/mol. The van der Waals surface area contributed by atoms with Gasteiger partial charge < -0.3 is 14.2 Å². The number of hydrogen-bond donors (Lipinski definition) is 0. The SMILES string of the molecule is C=C(C)[C@H]1CN(C(=O)OCc2ccccc2)[C@H]2[C@@H]3O[C@@H](CI)[C@H](C[C@H]21)O3. The van der Waals surface area contributed by atoms with Crippen LogP contribution in [0.2, 0.25) is 0 Å². The van der Waals surface area contributed by atoms with E-state index in [-0.39, 0.29) is 43.2 Å². The highest BCUT2D eigenvalue weighted by molar-refractivity contribution is 14.1. The minimum Gasteiger partial charge on any atom is -0.445 e. The average Bonchev–Trinajstić information content (AvgIpc) is 3.20. The molecule has 6 heteroatoms. The van der Waals surface area contributed by atoms with Crippen LogP contribution in [-0.2, 0) is 20.8 Å². The molecule has 4 rings (SSSR count). The number of halogens is 1. The number of carbonyl (C=O) groups is 1. The minimum atomic E-state index is -0.354. The predicted molar refractivity (Wildman–Crippen MR) is 106 cm³/mol. The fraction of sp³-hybridized carbons (Fsp3) is 0.550. The molecule has 0 N–H and O–H groups in total. The van der Waals surface area contributed by atoms with Crippen LogP contribution in [0.25, 0.3) is 0 Å². The summed E-state index contributed by atoms with van der Waals surface area (Å²) in [5.41, 5.74) is 2.10. The molecule has 5 nitrogen and oxygen atoms in total. The lowest BCUT2D eigenvalue weighted by Gasteiger charge is -2.35. The van der Waals surface area contributed by atoms with Crippen LogP contribution in [0.4, 0.5) is 4.79 Å². The molecule has 6 atom stereocenters. The van der Waals surface area contributed by atoms with Gasteiger partial charge in [0.25, 0.3) is 0 Å². The van der Waals surface area contributed by atoms with Crippen molar-refractivity contribution in [3.05, 3.63) is 48.0 Å². The van der Waals surface area contributed by atoms with Gasteiger partial charge in [-0.25, -0.2) is 4.79 Å². The first-order chi connectivity index (χ1) is 12.6. The lowest BCUT2D eigenvalue weighted by molar-refractivity contribution is -0.136. The van der Waals surface area contributed by atoms with Crippen molar-refractivity contribution in [2.45, 2.75) is 44.5 Å². The number of hydrogen-bond acceptors (Lipinski definition) is 4. The van der Waals surface area contributed by atoms with E-state index in [0.717, 1.165) is 22.0 Å². The van der Waals surface area contributed by atoms with Crippen molar-refractivity contribution in [3.63, 3.8) is 0 Å². The highest BCUT2D eigenvalue weighted by Gasteiger charge is 2.57. The van der Waals surface area contributed by atoms with E-state index in [1.165, 1.54) is 0 Å². The Balaban J connectivity index is 1.50. The summed E-state index contributed by atoms with van der Waals surface area (Å²) in [5, 5.41) is 0. The molecule has 1 aromatic rings. The molecule has 1 amide bonds. The monoisotopic (exact) mass is 469 g/mol. The summed E-state index contributed by atoms with van der Waals surface area (Å²) in [5.74, 6) is 0.600. The number of fused-ring (bicyclic) bond motifs is 4. The van der Waals surface area contributed by atoms with Gasteiger partial charge in [-0.15, -0.1) is 0 Å². The van der Waals surface area contributed by atoms with Crippen LogP contribution in [0.5, 0.6) is 0 Å². The first-order valence-corrected chi connectivity index (χ1v) is 10.6. The molecule has 3 aliphatic heterocycles. The van der Waals surface area contributed by atoms with Crippen LogP contribution in [0.3, 0.4) is 0 Å². The number of alkyl halides is 1. The van der Waals surface area contributed by atoms with Crippen molar-refractivity contribution in [3.8, 4) is 0 Å². The standard InChI is InChI=1S/C20H24INO4/c1-12(2)15-10-22(20(23)24-11-13-6-4-3-5-7-13)18-14(15)8-16-17(9-21)26-19(18)25-16/h3-7,14-19H,1,8-11H2,2H3/t14-,15+,16-,17-,18+,19-/m0/s1. The molecule has 3 saturated heterocycles. The van der Waals surface area contributed by atoms with E-state index in [4.69, 9.17) is 14.2 Å². The van der Waals surface area contributed by atoms with Crippen LogP contribution < -0.4 is 0 Å². The van der Waals surface area contributed by atoms with Gasteiger partial charge in [0.2, 0.25) is 0 Å². The smallest absolute Gasteiger partial charge is 0.410 e. The topological polar surface area (TPSA) is 48.0 Å². The first kappa shape index (κ1) is 18.3.